The molecule has 0 fully saturated rings. The average Bonchev–Trinajstić information content (AvgIpc) is 2.63. The largest absolute Gasteiger partial charge is 0.410 e. The number of amides is 3. The van der Waals surface area contributed by atoms with Crippen LogP contribution < -0.4 is 16.0 Å². The summed E-state index contributed by atoms with van der Waals surface area (Å²) < 4.78 is 0. The molecule has 2 aliphatic rings. The summed E-state index contributed by atoms with van der Waals surface area (Å²) in [5, 5.41) is 30.5. The predicted molar refractivity (Wildman–Crippen MR) is 69.1 cm³/mol. The normalized spacial score (nSPS) is 18.2. The molecule has 0 aliphatic carbocycles. The van der Waals surface area contributed by atoms with Crippen LogP contribution >= 0.6 is 0 Å². The van der Waals surface area contributed by atoms with Gasteiger partial charge in [0.15, 0.2) is 5.71 Å². The third-order valence-corrected chi connectivity index (χ3v) is 3.38. The van der Waals surface area contributed by atoms with Crippen LogP contribution in [-0.4, -0.2) is 27.8 Å². The first-order valence-electron chi connectivity index (χ1n) is 5.91. The molecule has 0 bridgehead atoms. The highest BCUT2D eigenvalue weighted by Crippen LogP contribution is 2.36. The molecule has 21 heavy (non-hydrogen) atoms. The smallest absolute Gasteiger partial charge is 0.315 e. The fourth-order valence-electron chi connectivity index (χ4n) is 2.44. The number of nitro benzene ring substituents is 1. The Bertz CT molecular complexity index is 726. The maximum atomic E-state index is 11.7. The lowest BCUT2D eigenvalue weighted by molar-refractivity contribution is -0.385. The minimum Gasteiger partial charge on any atom is -0.410 e. The molecule has 4 N–H and O–H groups in total. The topological polar surface area (TPSA) is 146 Å². The molecule has 0 unspecified atom stereocenters. The third-order valence-electron chi connectivity index (χ3n) is 3.38. The van der Waals surface area contributed by atoms with Gasteiger partial charge in [-0.3, -0.25) is 14.9 Å². The summed E-state index contributed by atoms with van der Waals surface area (Å²) in [4.78, 5) is 33.7. The van der Waals surface area contributed by atoms with Crippen LogP contribution in [0.4, 0.5) is 16.2 Å². The molecule has 0 saturated heterocycles. The molecule has 1 aromatic carbocycles. The van der Waals surface area contributed by atoms with E-state index in [2.05, 4.69) is 21.1 Å². The standard InChI is InChI=1S/C11H9N5O5/c17-10-9(15-19)4-1-7(16(20)21)5-2-12-11(18)13-3-6(5)8(4)14-10/h1,19H,2-3H2,(H2,12,13,18)(H,14,15,17). The Morgan fingerprint density at radius 3 is 2.52 bits per heavy atom. The van der Waals surface area contributed by atoms with E-state index in [1.807, 2.05) is 0 Å². The number of carbonyl (C=O) groups is 2. The van der Waals surface area contributed by atoms with Crippen molar-refractivity contribution in [2.75, 3.05) is 5.32 Å². The molecule has 10 heteroatoms. The SMILES string of the molecule is O=C1NCc2c([N+](=O)[O-])cc3c(c2CN1)NC(=O)C3=NO. The van der Waals surface area contributed by atoms with Crippen molar-refractivity contribution in [2.45, 2.75) is 13.1 Å². The van der Waals surface area contributed by atoms with Gasteiger partial charge in [-0.15, -0.1) is 0 Å². The lowest BCUT2D eigenvalue weighted by atomic mass is 9.98. The van der Waals surface area contributed by atoms with E-state index in [1.54, 1.807) is 0 Å². The second kappa shape index (κ2) is 4.44. The van der Waals surface area contributed by atoms with E-state index >= 15 is 0 Å². The van der Waals surface area contributed by atoms with Gasteiger partial charge in [-0.2, -0.15) is 0 Å². The zero-order chi connectivity index (χ0) is 15.1. The first-order chi connectivity index (χ1) is 10.0. The lowest BCUT2D eigenvalue weighted by Crippen LogP contribution is -2.31. The summed E-state index contributed by atoms with van der Waals surface area (Å²) in [5.41, 5.74) is 0.646. The van der Waals surface area contributed by atoms with Crippen LogP contribution in [0.3, 0.4) is 0 Å². The number of oxime groups is 1. The second-order valence-electron chi connectivity index (χ2n) is 4.47. The molecule has 3 amide bonds. The van der Waals surface area contributed by atoms with E-state index < -0.39 is 16.9 Å². The Morgan fingerprint density at radius 2 is 1.90 bits per heavy atom. The summed E-state index contributed by atoms with van der Waals surface area (Å²) >= 11 is 0. The summed E-state index contributed by atoms with van der Waals surface area (Å²) in [6.07, 6.45) is 0. The van der Waals surface area contributed by atoms with E-state index in [4.69, 9.17) is 5.21 Å². The van der Waals surface area contributed by atoms with Gasteiger partial charge in [0.2, 0.25) is 0 Å². The molecular weight excluding hydrogens is 282 g/mol. The van der Waals surface area contributed by atoms with Crippen LogP contribution in [0, 0.1) is 10.1 Å². The predicted octanol–water partition coefficient (Wildman–Crippen LogP) is 0.0380. The van der Waals surface area contributed by atoms with Gasteiger partial charge in [0.05, 0.1) is 22.7 Å². The van der Waals surface area contributed by atoms with E-state index in [1.165, 1.54) is 6.07 Å². The van der Waals surface area contributed by atoms with Crippen molar-refractivity contribution in [1.82, 2.24) is 10.6 Å². The maximum absolute atomic E-state index is 11.7. The van der Waals surface area contributed by atoms with Gasteiger partial charge in [0.25, 0.3) is 11.6 Å². The maximum Gasteiger partial charge on any atom is 0.315 e. The number of carbonyl (C=O) groups excluding carboxylic acids is 2. The van der Waals surface area contributed by atoms with Crippen LogP contribution in [-0.2, 0) is 17.9 Å². The Balaban J connectivity index is 2.28. The lowest BCUT2D eigenvalue weighted by Gasteiger charge is -2.11. The Hall–Kier alpha value is -3.17. The minimum absolute atomic E-state index is 0.0180. The third kappa shape index (κ3) is 1.84. The van der Waals surface area contributed by atoms with Crippen LogP contribution in [0.15, 0.2) is 11.2 Å². The Labute approximate surface area is 117 Å². The highest BCUT2D eigenvalue weighted by molar-refractivity contribution is 6.54. The van der Waals surface area contributed by atoms with Crippen LogP contribution in [0.25, 0.3) is 0 Å². The summed E-state index contributed by atoms with van der Waals surface area (Å²) in [6, 6.07) is 0.702. The summed E-state index contributed by atoms with van der Waals surface area (Å²) in [5.74, 6) is -0.654. The zero-order valence-corrected chi connectivity index (χ0v) is 10.5. The Kier molecular flexibility index (Phi) is 2.71. The van der Waals surface area contributed by atoms with Gasteiger partial charge in [-0.05, 0) is 0 Å². The number of fused-ring (bicyclic) bond motifs is 3. The van der Waals surface area contributed by atoms with Gasteiger partial charge >= 0.3 is 6.03 Å². The van der Waals surface area contributed by atoms with Gasteiger partial charge < -0.3 is 21.2 Å². The molecule has 108 valence electrons. The highest BCUT2D eigenvalue weighted by Gasteiger charge is 2.35. The monoisotopic (exact) mass is 291 g/mol. The molecular formula is C11H9N5O5. The summed E-state index contributed by atoms with van der Waals surface area (Å²) in [7, 11) is 0. The van der Waals surface area contributed by atoms with Crippen LogP contribution in [0.2, 0.25) is 0 Å². The molecule has 0 saturated carbocycles. The van der Waals surface area contributed by atoms with Crippen molar-refractivity contribution in [1.29, 1.82) is 0 Å². The molecule has 2 heterocycles. The molecule has 0 aromatic heterocycles. The molecule has 3 rings (SSSR count). The van der Waals surface area contributed by atoms with Gasteiger partial charge in [0.1, 0.15) is 0 Å². The fraction of sp³-hybridized carbons (Fsp3) is 0.182. The molecule has 0 spiro atoms. The van der Waals surface area contributed by atoms with E-state index in [0.717, 1.165) is 0 Å². The van der Waals surface area contributed by atoms with Gasteiger partial charge in [-0.1, -0.05) is 5.16 Å². The van der Waals surface area contributed by atoms with E-state index in [9.17, 15) is 19.7 Å². The summed E-state index contributed by atoms with van der Waals surface area (Å²) in [6.45, 7) is -0.0175. The van der Waals surface area contributed by atoms with Gasteiger partial charge in [-0.25, -0.2) is 4.79 Å². The fourth-order valence-corrected chi connectivity index (χ4v) is 2.44. The number of urea groups is 1. The Morgan fingerprint density at radius 1 is 1.24 bits per heavy atom. The number of anilines is 1. The quantitative estimate of drug-likeness (QED) is 0.328. The van der Waals surface area contributed by atoms with Crippen molar-refractivity contribution in [3.05, 3.63) is 32.9 Å². The number of nitrogens with zero attached hydrogens (tertiary/aromatic N) is 2. The van der Waals surface area contributed by atoms with Crippen molar-refractivity contribution in [2.24, 2.45) is 5.16 Å². The number of rotatable bonds is 1. The zero-order valence-electron chi connectivity index (χ0n) is 10.5. The molecule has 1 aromatic rings. The average molecular weight is 291 g/mol. The number of hydrogen-bond donors (Lipinski definition) is 4. The first kappa shape index (κ1) is 12.8. The molecule has 0 atom stereocenters. The van der Waals surface area contributed by atoms with Gasteiger partial charge in [0, 0.05) is 23.7 Å². The number of nitro groups is 1. The van der Waals surface area contributed by atoms with Crippen molar-refractivity contribution in [3.8, 4) is 0 Å². The molecule has 10 nitrogen and oxygen atoms in total. The molecule has 0 radical (unpaired) electrons. The van der Waals surface area contributed by atoms with Crippen LogP contribution in [0.5, 0.6) is 0 Å². The van der Waals surface area contributed by atoms with E-state index in [0.29, 0.717) is 16.8 Å². The van der Waals surface area contributed by atoms with Crippen molar-refractivity contribution >= 4 is 29.0 Å². The van der Waals surface area contributed by atoms with Crippen LogP contribution in [0.1, 0.15) is 16.7 Å². The molecule has 2 aliphatic heterocycles. The number of nitrogens with one attached hydrogen (secondary N) is 3. The number of hydrogen-bond acceptors (Lipinski definition) is 6. The minimum atomic E-state index is -0.654. The highest BCUT2D eigenvalue weighted by atomic mass is 16.6. The van der Waals surface area contributed by atoms with Crippen molar-refractivity contribution in [3.63, 3.8) is 0 Å². The van der Waals surface area contributed by atoms with E-state index in [-0.39, 0.29) is 30.1 Å². The van der Waals surface area contributed by atoms with Crippen molar-refractivity contribution < 1.29 is 19.7 Å². The first-order valence-corrected chi connectivity index (χ1v) is 5.91. The number of benzene rings is 1. The second-order valence-corrected chi connectivity index (χ2v) is 4.47.